The van der Waals surface area contributed by atoms with Crippen molar-refractivity contribution in [3.05, 3.63) is 18.2 Å². The van der Waals surface area contributed by atoms with Gasteiger partial charge < -0.3 is 19.2 Å². The summed E-state index contributed by atoms with van der Waals surface area (Å²) in [6.07, 6.45) is 4.98. The predicted molar refractivity (Wildman–Crippen MR) is 101 cm³/mol. The summed E-state index contributed by atoms with van der Waals surface area (Å²) in [6.45, 7) is 0. The van der Waals surface area contributed by atoms with Crippen molar-refractivity contribution < 1.29 is 18.7 Å². The quantitative estimate of drug-likeness (QED) is 0.728. The number of amides is 1. The molecule has 2 aliphatic rings. The average Bonchev–Trinajstić information content (AvgIpc) is 3.42. The van der Waals surface area contributed by atoms with E-state index in [1.54, 1.807) is 32.4 Å². The number of methoxy groups -OCH3 is 2. The fourth-order valence-electron chi connectivity index (χ4n) is 4.11. The topological polar surface area (TPSA) is 86.5 Å². The highest BCUT2D eigenvalue weighted by Gasteiger charge is 2.40. The number of aromatic nitrogens is 2. The maximum Gasteiger partial charge on any atom is 0.277 e. The van der Waals surface area contributed by atoms with Crippen molar-refractivity contribution in [2.24, 2.45) is 11.8 Å². The summed E-state index contributed by atoms with van der Waals surface area (Å²) in [5.74, 6) is 3.43. The van der Waals surface area contributed by atoms with Gasteiger partial charge in [0.1, 0.15) is 11.5 Å². The van der Waals surface area contributed by atoms with Crippen LogP contribution in [0.5, 0.6) is 11.5 Å². The van der Waals surface area contributed by atoms with E-state index in [9.17, 15) is 4.79 Å². The van der Waals surface area contributed by atoms with Crippen LogP contribution in [0.15, 0.2) is 27.8 Å². The maximum absolute atomic E-state index is 12.2. The van der Waals surface area contributed by atoms with E-state index >= 15 is 0 Å². The van der Waals surface area contributed by atoms with Gasteiger partial charge in [0.15, 0.2) is 0 Å². The highest BCUT2D eigenvalue weighted by Crippen LogP contribution is 2.44. The van der Waals surface area contributed by atoms with E-state index in [-0.39, 0.29) is 11.7 Å². The lowest BCUT2D eigenvalue weighted by atomic mass is 9.95. The molecule has 0 spiro atoms. The number of hydrogen-bond donors (Lipinski definition) is 1. The van der Waals surface area contributed by atoms with Crippen molar-refractivity contribution >= 4 is 17.7 Å². The largest absolute Gasteiger partial charge is 0.497 e. The number of thioether (sulfide) groups is 1. The first-order valence-corrected chi connectivity index (χ1v) is 10.1. The lowest BCUT2D eigenvalue weighted by molar-refractivity contribution is -0.119. The number of carbonyl (C=O) groups is 1. The second-order valence-corrected chi connectivity index (χ2v) is 8.04. The molecule has 3 atom stereocenters. The van der Waals surface area contributed by atoms with Gasteiger partial charge in [-0.25, -0.2) is 0 Å². The molecule has 144 valence electrons. The highest BCUT2D eigenvalue weighted by molar-refractivity contribution is 7.99. The van der Waals surface area contributed by atoms with Crippen LogP contribution in [-0.4, -0.2) is 42.1 Å². The van der Waals surface area contributed by atoms with Gasteiger partial charge in [-0.1, -0.05) is 18.2 Å². The summed E-state index contributed by atoms with van der Waals surface area (Å²) in [4.78, 5) is 12.2. The maximum atomic E-state index is 12.2. The Kier molecular flexibility index (Phi) is 5.24. The number of hydrogen-bond acceptors (Lipinski definition) is 7. The smallest absolute Gasteiger partial charge is 0.277 e. The minimum absolute atomic E-state index is 0.0281. The summed E-state index contributed by atoms with van der Waals surface area (Å²) >= 11 is 1.25. The molecule has 2 bridgehead atoms. The molecule has 27 heavy (non-hydrogen) atoms. The van der Waals surface area contributed by atoms with Gasteiger partial charge in [0, 0.05) is 17.7 Å². The number of carbonyl (C=O) groups excluding carboxylic acids is 1. The fraction of sp³-hybridized carbons (Fsp3) is 0.526. The van der Waals surface area contributed by atoms with Crippen LogP contribution in [-0.2, 0) is 4.79 Å². The van der Waals surface area contributed by atoms with Crippen LogP contribution in [0.25, 0.3) is 11.5 Å². The Morgan fingerprint density at radius 1 is 1.19 bits per heavy atom. The Bertz CT molecular complexity index is 803. The van der Waals surface area contributed by atoms with E-state index in [0.717, 1.165) is 12.3 Å². The molecule has 1 amide bonds. The Morgan fingerprint density at radius 2 is 1.96 bits per heavy atom. The van der Waals surface area contributed by atoms with Crippen LogP contribution < -0.4 is 14.8 Å². The van der Waals surface area contributed by atoms with Gasteiger partial charge in [-0.2, -0.15) is 0 Å². The summed E-state index contributed by atoms with van der Waals surface area (Å²) in [7, 11) is 3.17. The van der Waals surface area contributed by atoms with Crippen LogP contribution in [0.1, 0.15) is 25.7 Å². The normalized spacial score (nSPS) is 23.4. The van der Waals surface area contributed by atoms with E-state index < -0.39 is 0 Å². The Balaban J connectivity index is 1.35. The van der Waals surface area contributed by atoms with E-state index in [1.807, 2.05) is 0 Å². The van der Waals surface area contributed by atoms with Crippen molar-refractivity contribution in [2.45, 2.75) is 36.9 Å². The lowest BCUT2D eigenvalue weighted by Crippen LogP contribution is -2.39. The molecule has 0 saturated heterocycles. The number of fused-ring (bicyclic) bond motifs is 2. The molecule has 7 nitrogen and oxygen atoms in total. The summed E-state index contributed by atoms with van der Waals surface area (Å²) in [6, 6.07) is 5.72. The molecule has 2 aromatic rings. The first-order valence-electron chi connectivity index (χ1n) is 9.13. The first-order chi connectivity index (χ1) is 13.1. The summed E-state index contributed by atoms with van der Waals surface area (Å²) < 4.78 is 16.2. The molecule has 1 heterocycles. The van der Waals surface area contributed by atoms with E-state index in [4.69, 9.17) is 13.9 Å². The molecule has 2 fully saturated rings. The van der Waals surface area contributed by atoms with Gasteiger partial charge in [0.25, 0.3) is 5.22 Å². The van der Waals surface area contributed by atoms with Crippen LogP contribution in [0.4, 0.5) is 0 Å². The van der Waals surface area contributed by atoms with Crippen LogP contribution in [0.3, 0.4) is 0 Å². The van der Waals surface area contributed by atoms with Crippen LogP contribution >= 0.6 is 11.8 Å². The number of nitrogens with one attached hydrogen (secondary N) is 1. The standard InChI is InChI=1S/C19H23N3O4S/c1-24-14-7-13(8-15(9-14)25-2)18-21-22-19(26-18)27-10-17(23)20-16-6-11-3-4-12(16)5-11/h7-9,11-12,16H,3-6,10H2,1-2H3,(H,20,23)/t11-,12-,16+/m0/s1. The van der Waals surface area contributed by atoms with Gasteiger partial charge >= 0.3 is 0 Å². The predicted octanol–water partition coefficient (Wildman–Crippen LogP) is 3.15. The van der Waals surface area contributed by atoms with Gasteiger partial charge in [-0.3, -0.25) is 4.79 Å². The SMILES string of the molecule is COc1cc(OC)cc(-c2nnc(SCC(=O)N[C@@H]3C[C@H]4CC[C@H]3C4)o2)c1. The first kappa shape index (κ1) is 18.2. The second-order valence-electron chi connectivity index (χ2n) is 7.11. The Morgan fingerprint density at radius 3 is 2.59 bits per heavy atom. The number of ether oxygens (including phenoxy) is 2. The zero-order chi connectivity index (χ0) is 18.8. The Hall–Kier alpha value is -2.22. The molecular formula is C19H23N3O4S. The third-order valence-electron chi connectivity index (χ3n) is 5.42. The lowest BCUT2D eigenvalue weighted by Gasteiger charge is -2.22. The number of benzene rings is 1. The van der Waals surface area contributed by atoms with Gasteiger partial charge in [0.05, 0.1) is 20.0 Å². The molecule has 1 aromatic heterocycles. The van der Waals surface area contributed by atoms with E-state index in [2.05, 4.69) is 15.5 Å². The van der Waals surface area contributed by atoms with Gasteiger partial charge in [-0.05, 0) is 43.2 Å². The summed E-state index contributed by atoms with van der Waals surface area (Å²) in [5, 5.41) is 11.6. The molecule has 1 N–H and O–H groups in total. The van der Waals surface area contributed by atoms with Gasteiger partial charge in [0.2, 0.25) is 11.8 Å². The average molecular weight is 389 g/mol. The number of nitrogens with zero attached hydrogens (tertiary/aromatic N) is 2. The van der Waals surface area contributed by atoms with Crippen molar-refractivity contribution in [1.29, 1.82) is 0 Å². The molecule has 1 aromatic carbocycles. The van der Waals surface area contributed by atoms with Gasteiger partial charge in [-0.15, -0.1) is 10.2 Å². The van der Waals surface area contributed by atoms with Crippen molar-refractivity contribution in [3.63, 3.8) is 0 Å². The molecule has 8 heteroatoms. The van der Waals surface area contributed by atoms with E-state index in [1.165, 1.54) is 31.0 Å². The molecular weight excluding hydrogens is 366 g/mol. The molecule has 0 radical (unpaired) electrons. The minimum atomic E-state index is 0.0281. The van der Waals surface area contributed by atoms with Crippen molar-refractivity contribution in [1.82, 2.24) is 15.5 Å². The van der Waals surface area contributed by atoms with Crippen molar-refractivity contribution in [3.8, 4) is 23.0 Å². The van der Waals surface area contributed by atoms with Crippen LogP contribution in [0.2, 0.25) is 0 Å². The molecule has 0 aliphatic heterocycles. The monoisotopic (exact) mass is 389 g/mol. The third kappa shape index (κ3) is 4.05. The van der Waals surface area contributed by atoms with Crippen LogP contribution in [0, 0.1) is 11.8 Å². The fourth-order valence-corrected chi connectivity index (χ4v) is 4.69. The zero-order valence-electron chi connectivity index (χ0n) is 15.4. The molecule has 0 unspecified atom stereocenters. The summed E-state index contributed by atoms with van der Waals surface area (Å²) in [5.41, 5.74) is 0.706. The third-order valence-corrected chi connectivity index (χ3v) is 6.23. The second kappa shape index (κ2) is 7.80. The Labute approximate surface area is 162 Å². The van der Waals surface area contributed by atoms with Crippen molar-refractivity contribution in [2.75, 3.05) is 20.0 Å². The molecule has 2 aliphatic carbocycles. The molecule has 2 saturated carbocycles. The zero-order valence-corrected chi connectivity index (χ0v) is 16.3. The minimum Gasteiger partial charge on any atom is -0.497 e. The number of rotatable bonds is 7. The van der Waals surface area contributed by atoms with E-state index in [0.29, 0.717) is 40.1 Å². The molecule has 4 rings (SSSR count). The highest BCUT2D eigenvalue weighted by atomic mass is 32.2.